The van der Waals surface area contributed by atoms with Gasteiger partial charge in [-0.1, -0.05) is 36.4 Å². The Bertz CT molecular complexity index is 961. The molecule has 2 amide bonds. The number of aliphatic hydroxyl groups excluding tert-OH is 1. The molecule has 2 aromatic carbocycles. The molecule has 0 spiro atoms. The van der Waals surface area contributed by atoms with E-state index in [4.69, 9.17) is 4.74 Å². The van der Waals surface area contributed by atoms with Crippen molar-refractivity contribution in [3.05, 3.63) is 59.7 Å². The summed E-state index contributed by atoms with van der Waals surface area (Å²) in [6.45, 7) is 1.52. The summed E-state index contributed by atoms with van der Waals surface area (Å²) in [5.74, 6) is -2.71. The molecule has 126 valence electrons. The number of aliphatic hydroxyl groups is 1. The molecule has 1 unspecified atom stereocenters. The first kappa shape index (κ1) is 15.4. The minimum absolute atomic E-state index is 0.0415. The number of Topliss-reactive ketones (excluding diaryl/α,β-unsaturated/α-hetero) is 1. The third-order valence-corrected chi connectivity index (χ3v) is 4.71. The van der Waals surface area contributed by atoms with Gasteiger partial charge in [0.1, 0.15) is 0 Å². The fraction of sp³-hybridized carbons (Fsp3) is 0.211. The SMILES string of the molecule is CC1(c2ccc3ccccc3c2)OC(N2C(=O)CCC2=O)=C(O)C1=O. The summed E-state index contributed by atoms with van der Waals surface area (Å²) in [5.41, 5.74) is -0.955. The number of ether oxygens (including phenoxy) is 1. The second-order valence-electron chi connectivity index (χ2n) is 6.30. The molecule has 2 aromatic rings. The monoisotopic (exact) mass is 337 g/mol. The summed E-state index contributed by atoms with van der Waals surface area (Å²) in [7, 11) is 0. The summed E-state index contributed by atoms with van der Waals surface area (Å²) in [4.78, 5) is 37.3. The highest BCUT2D eigenvalue weighted by Crippen LogP contribution is 2.41. The van der Waals surface area contributed by atoms with Crippen molar-refractivity contribution < 1.29 is 24.2 Å². The Labute approximate surface area is 143 Å². The van der Waals surface area contributed by atoms with E-state index in [1.165, 1.54) is 6.92 Å². The highest BCUT2D eigenvalue weighted by atomic mass is 16.5. The minimum Gasteiger partial charge on any atom is -0.501 e. The van der Waals surface area contributed by atoms with Gasteiger partial charge in [0, 0.05) is 18.4 Å². The van der Waals surface area contributed by atoms with Gasteiger partial charge in [-0.2, -0.15) is 0 Å². The predicted octanol–water partition coefficient (Wildman–Crippen LogP) is 2.53. The molecule has 1 atom stereocenters. The maximum Gasteiger partial charge on any atom is 0.252 e. The average Bonchev–Trinajstić information content (AvgIpc) is 3.06. The smallest absolute Gasteiger partial charge is 0.252 e. The fourth-order valence-corrected chi connectivity index (χ4v) is 3.24. The van der Waals surface area contributed by atoms with Crippen molar-refractivity contribution in [1.82, 2.24) is 4.90 Å². The molecule has 0 aliphatic carbocycles. The second-order valence-corrected chi connectivity index (χ2v) is 6.30. The van der Waals surface area contributed by atoms with Gasteiger partial charge in [-0.25, -0.2) is 4.90 Å². The van der Waals surface area contributed by atoms with E-state index in [9.17, 15) is 19.5 Å². The molecule has 1 N–H and O–H groups in total. The molecule has 1 fully saturated rings. The molecule has 4 rings (SSSR count). The lowest BCUT2D eigenvalue weighted by atomic mass is 9.90. The molecule has 0 aromatic heterocycles. The predicted molar refractivity (Wildman–Crippen MR) is 88.1 cm³/mol. The Balaban J connectivity index is 1.77. The highest BCUT2D eigenvalue weighted by Gasteiger charge is 2.52. The van der Waals surface area contributed by atoms with Crippen LogP contribution in [0, 0.1) is 0 Å². The maximum atomic E-state index is 12.7. The molecule has 6 nitrogen and oxygen atoms in total. The topological polar surface area (TPSA) is 83.9 Å². The molecular weight excluding hydrogens is 322 g/mol. The first-order chi connectivity index (χ1) is 11.9. The molecule has 0 radical (unpaired) electrons. The van der Waals surface area contributed by atoms with E-state index >= 15 is 0 Å². The number of amides is 2. The third kappa shape index (κ3) is 2.14. The van der Waals surface area contributed by atoms with Crippen LogP contribution in [0.1, 0.15) is 25.3 Å². The number of benzene rings is 2. The van der Waals surface area contributed by atoms with Crippen LogP contribution in [0.3, 0.4) is 0 Å². The van der Waals surface area contributed by atoms with Gasteiger partial charge in [-0.05, 0) is 23.8 Å². The molecule has 2 heterocycles. The molecule has 2 aliphatic heterocycles. The first-order valence-electron chi connectivity index (χ1n) is 7.94. The van der Waals surface area contributed by atoms with E-state index in [1.807, 2.05) is 30.3 Å². The molecule has 2 aliphatic rings. The van der Waals surface area contributed by atoms with Crippen LogP contribution in [0.5, 0.6) is 0 Å². The van der Waals surface area contributed by atoms with Crippen LogP contribution >= 0.6 is 0 Å². The van der Waals surface area contributed by atoms with Crippen LogP contribution in [0.2, 0.25) is 0 Å². The first-order valence-corrected chi connectivity index (χ1v) is 7.94. The van der Waals surface area contributed by atoms with Crippen molar-refractivity contribution in [1.29, 1.82) is 0 Å². The van der Waals surface area contributed by atoms with Gasteiger partial charge in [0.05, 0.1) is 0 Å². The standard InChI is InChI=1S/C19H15NO5/c1-19(13-7-6-11-4-2-3-5-12(11)10-13)17(24)16(23)18(25-19)20-14(21)8-9-15(20)22/h2-7,10,23H,8-9H2,1H3. The van der Waals surface area contributed by atoms with Gasteiger partial charge < -0.3 is 9.84 Å². The molecule has 1 saturated heterocycles. The van der Waals surface area contributed by atoms with E-state index in [-0.39, 0.29) is 18.7 Å². The lowest BCUT2D eigenvalue weighted by molar-refractivity contribution is -0.144. The number of rotatable bonds is 2. The third-order valence-electron chi connectivity index (χ3n) is 4.71. The van der Waals surface area contributed by atoms with Crippen LogP contribution in [-0.4, -0.2) is 27.6 Å². The van der Waals surface area contributed by atoms with Gasteiger partial charge in [0.15, 0.2) is 5.60 Å². The lowest BCUT2D eigenvalue weighted by Gasteiger charge is -2.25. The maximum absolute atomic E-state index is 12.7. The number of ketones is 1. The number of imide groups is 1. The number of fused-ring (bicyclic) bond motifs is 1. The van der Waals surface area contributed by atoms with Crippen molar-refractivity contribution in [3.8, 4) is 0 Å². The van der Waals surface area contributed by atoms with Gasteiger partial charge in [0.25, 0.3) is 11.7 Å². The van der Waals surface area contributed by atoms with Crippen molar-refractivity contribution in [2.24, 2.45) is 0 Å². The zero-order valence-electron chi connectivity index (χ0n) is 13.5. The quantitative estimate of drug-likeness (QED) is 0.851. The Kier molecular flexibility index (Phi) is 3.18. The zero-order valence-corrected chi connectivity index (χ0v) is 13.5. The van der Waals surface area contributed by atoms with E-state index in [1.54, 1.807) is 12.1 Å². The summed E-state index contributed by atoms with van der Waals surface area (Å²) in [5, 5.41) is 12.1. The van der Waals surface area contributed by atoms with Gasteiger partial charge in [-0.3, -0.25) is 14.4 Å². The van der Waals surface area contributed by atoms with Crippen LogP contribution in [0.25, 0.3) is 10.8 Å². The van der Waals surface area contributed by atoms with E-state index < -0.39 is 29.0 Å². The van der Waals surface area contributed by atoms with Crippen LogP contribution in [0.4, 0.5) is 0 Å². The fourth-order valence-electron chi connectivity index (χ4n) is 3.24. The Hall–Kier alpha value is -3.15. The normalized spacial score (nSPS) is 23.7. The van der Waals surface area contributed by atoms with Gasteiger partial charge in [-0.15, -0.1) is 0 Å². The summed E-state index contributed by atoms with van der Waals surface area (Å²) < 4.78 is 5.70. The molecule has 6 heteroatoms. The Morgan fingerprint density at radius 3 is 2.32 bits per heavy atom. The highest BCUT2D eigenvalue weighted by molar-refractivity contribution is 6.08. The number of hydrogen-bond acceptors (Lipinski definition) is 5. The van der Waals surface area contributed by atoms with E-state index in [0.717, 1.165) is 15.7 Å². The molecule has 25 heavy (non-hydrogen) atoms. The van der Waals surface area contributed by atoms with Crippen LogP contribution in [-0.2, 0) is 24.7 Å². The van der Waals surface area contributed by atoms with Gasteiger partial charge in [0.2, 0.25) is 17.6 Å². The van der Waals surface area contributed by atoms with E-state index in [2.05, 4.69) is 0 Å². The van der Waals surface area contributed by atoms with Crippen molar-refractivity contribution >= 4 is 28.4 Å². The van der Waals surface area contributed by atoms with Crippen LogP contribution < -0.4 is 0 Å². The Morgan fingerprint density at radius 2 is 1.64 bits per heavy atom. The number of carbonyl (C=O) groups excluding carboxylic acids is 3. The van der Waals surface area contributed by atoms with Crippen LogP contribution in [0.15, 0.2) is 54.1 Å². The lowest BCUT2D eigenvalue weighted by Crippen LogP contribution is -2.33. The number of carbonyl (C=O) groups is 3. The average molecular weight is 337 g/mol. The zero-order chi connectivity index (χ0) is 17.8. The number of hydrogen-bond donors (Lipinski definition) is 1. The molecular formula is C19H15NO5. The summed E-state index contributed by atoms with van der Waals surface area (Å²) in [6.07, 6.45) is 0.0830. The van der Waals surface area contributed by atoms with Crippen molar-refractivity contribution in [3.63, 3.8) is 0 Å². The molecule has 0 bridgehead atoms. The minimum atomic E-state index is -1.49. The molecule has 0 saturated carbocycles. The van der Waals surface area contributed by atoms with E-state index in [0.29, 0.717) is 5.56 Å². The summed E-state index contributed by atoms with van der Waals surface area (Å²) in [6, 6.07) is 13.0. The Morgan fingerprint density at radius 1 is 1.00 bits per heavy atom. The second kappa shape index (κ2) is 5.17. The number of nitrogens with zero attached hydrogens (tertiary/aromatic N) is 1. The number of likely N-dealkylation sites (tertiary alicyclic amines) is 1. The van der Waals surface area contributed by atoms with Crippen molar-refractivity contribution in [2.45, 2.75) is 25.4 Å². The van der Waals surface area contributed by atoms with Gasteiger partial charge >= 0.3 is 0 Å². The largest absolute Gasteiger partial charge is 0.501 e. The van der Waals surface area contributed by atoms with Crippen molar-refractivity contribution in [2.75, 3.05) is 0 Å². The summed E-state index contributed by atoms with van der Waals surface area (Å²) >= 11 is 0.